The minimum atomic E-state index is -0.355. The molecule has 0 spiro atoms. The summed E-state index contributed by atoms with van der Waals surface area (Å²) >= 11 is 0. The summed E-state index contributed by atoms with van der Waals surface area (Å²) in [5.74, 6) is -0.168. The van der Waals surface area contributed by atoms with E-state index in [-0.39, 0.29) is 24.1 Å². The van der Waals surface area contributed by atoms with Gasteiger partial charge >= 0.3 is 0 Å². The number of nitrogens with zero attached hydrogens (tertiary/aromatic N) is 3. The molecule has 2 aliphatic heterocycles. The number of hydrogen-bond donors (Lipinski definition) is 0. The highest BCUT2D eigenvalue weighted by Crippen LogP contribution is 2.21. The van der Waals surface area contributed by atoms with Crippen molar-refractivity contribution in [2.75, 3.05) is 13.6 Å². The Morgan fingerprint density at radius 1 is 1.20 bits per heavy atom. The summed E-state index contributed by atoms with van der Waals surface area (Å²) in [6.45, 7) is 0.206. The largest absolute Gasteiger partial charge is 0.335 e. The Morgan fingerprint density at radius 2 is 1.95 bits per heavy atom. The highest BCUT2D eigenvalue weighted by molar-refractivity contribution is 6.24. The number of guanidine groups is 1. The predicted octanol–water partition coefficient (Wildman–Crippen LogP) is 1.25. The molecule has 0 saturated carbocycles. The summed E-state index contributed by atoms with van der Waals surface area (Å²) in [7, 11) is 1.74. The fourth-order valence-corrected chi connectivity index (χ4v) is 2.16. The number of allylic oxidation sites excluding steroid dienone is 2. The van der Waals surface area contributed by atoms with Gasteiger partial charge in [0, 0.05) is 7.05 Å². The minimum absolute atomic E-state index is 0.206. The quantitative estimate of drug-likeness (QED) is 0.598. The summed E-state index contributed by atoms with van der Waals surface area (Å²) in [5, 5.41) is 0. The first kappa shape index (κ1) is 12.3. The summed E-state index contributed by atoms with van der Waals surface area (Å²) in [4.78, 5) is 30.7. The molecular weight excluding hydrogens is 254 g/mol. The van der Waals surface area contributed by atoms with Crippen LogP contribution in [0.4, 0.5) is 0 Å². The Balaban J connectivity index is 1.82. The molecule has 0 atom stereocenters. The Hall–Kier alpha value is -2.69. The van der Waals surface area contributed by atoms with Gasteiger partial charge in [0.1, 0.15) is 12.2 Å². The molecule has 100 valence electrons. The van der Waals surface area contributed by atoms with Gasteiger partial charge in [-0.2, -0.15) is 0 Å². The smallest absolute Gasteiger partial charge is 0.286 e. The Morgan fingerprint density at radius 3 is 2.65 bits per heavy atom. The molecule has 0 bridgehead atoms. The van der Waals surface area contributed by atoms with E-state index >= 15 is 0 Å². The van der Waals surface area contributed by atoms with Gasteiger partial charge in [0.2, 0.25) is 5.96 Å². The third-order valence-corrected chi connectivity index (χ3v) is 3.15. The van der Waals surface area contributed by atoms with Crippen molar-refractivity contribution in [2.45, 2.75) is 0 Å². The van der Waals surface area contributed by atoms with Crippen LogP contribution in [-0.4, -0.2) is 41.2 Å². The molecule has 1 fully saturated rings. The van der Waals surface area contributed by atoms with Crippen molar-refractivity contribution in [2.24, 2.45) is 4.99 Å². The molecule has 2 heterocycles. The van der Waals surface area contributed by atoms with E-state index in [0.717, 1.165) is 10.5 Å². The average molecular weight is 267 g/mol. The number of fused-ring (bicyclic) bond motifs is 1. The van der Waals surface area contributed by atoms with Crippen LogP contribution >= 0.6 is 0 Å². The lowest BCUT2D eigenvalue weighted by molar-refractivity contribution is -0.134. The van der Waals surface area contributed by atoms with E-state index in [4.69, 9.17) is 0 Å². The third-order valence-electron chi connectivity index (χ3n) is 3.15. The molecule has 2 aliphatic rings. The first-order valence-corrected chi connectivity index (χ1v) is 6.27. The Labute approximate surface area is 116 Å². The van der Waals surface area contributed by atoms with Crippen molar-refractivity contribution < 1.29 is 9.59 Å². The second-order valence-electron chi connectivity index (χ2n) is 4.62. The summed E-state index contributed by atoms with van der Waals surface area (Å²) < 4.78 is 0. The summed E-state index contributed by atoms with van der Waals surface area (Å²) in [6.07, 6.45) is 5.27. The molecule has 1 saturated heterocycles. The zero-order valence-corrected chi connectivity index (χ0v) is 11.0. The number of imide groups is 1. The van der Waals surface area contributed by atoms with E-state index in [1.165, 1.54) is 0 Å². The summed E-state index contributed by atoms with van der Waals surface area (Å²) in [5.41, 5.74) is 1.32. The Kier molecular flexibility index (Phi) is 2.95. The molecule has 2 amide bonds. The number of hydrogen-bond acceptors (Lipinski definition) is 4. The van der Waals surface area contributed by atoms with Crippen molar-refractivity contribution in [3.05, 3.63) is 53.7 Å². The molecule has 1 aromatic carbocycles. The number of rotatable bonds is 2. The van der Waals surface area contributed by atoms with Gasteiger partial charge in [-0.15, -0.1) is 0 Å². The lowest BCUT2D eigenvalue weighted by atomic mass is 10.2. The van der Waals surface area contributed by atoms with Gasteiger partial charge in [-0.1, -0.05) is 42.5 Å². The fourth-order valence-electron chi connectivity index (χ4n) is 2.16. The van der Waals surface area contributed by atoms with Crippen LogP contribution in [-0.2, 0) is 9.59 Å². The van der Waals surface area contributed by atoms with E-state index in [1.54, 1.807) is 24.1 Å². The van der Waals surface area contributed by atoms with Gasteiger partial charge in [-0.25, -0.2) is 9.89 Å². The standard InChI is InChI=1S/C15H13N3O2/c1-17-10-13(19)18-14(20)12(16-15(17)18)9-5-8-11-6-3-2-4-7-11/h2-9H,10H2,1H3. The number of benzene rings is 1. The highest BCUT2D eigenvalue weighted by atomic mass is 16.2. The van der Waals surface area contributed by atoms with E-state index in [2.05, 4.69) is 4.99 Å². The van der Waals surface area contributed by atoms with Crippen LogP contribution < -0.4 is 0 Å². The molecule has 0 N–H and O–H groups in total. The topological polar surface area (TPSA) is 53.0 Å². The predicted molar refractivity (Wildman–Crippen MR) is 75.5 cm³/mol. The SMILES string of the molecule is CN1CC(=O)N2C(=O)C(=CC=Cc3ccccc3)N=C12. The van der Waals surface area contributed by atoms with Crippen molar-refractivity contribution in [1.82, 2.24) is 9.80 Å². The van der Waals surface area contributed by atoms with Gasteiger partial charge in [-0.05, 0) is 11.6 Å². The molecule has 5 nitrogen and oxygen atoms in total. The van der Waals surface area contributed by atoms with Crippen LogP contribution in [0.3, 0.4) is 0 Å². The number of aliphatic imine (C=N–C) groups is 1. The van der Waals surface area contributed by atoms with Crippen LogP contribution in [0.25, 0.3) is 6.08 Å². The van der Waals surface area contributed by atoms with Gasteiger partial charge < -0.3 is 4.90 Å². The van der Waals surface area contributed by atoms with Crippen LogP contribution in [0.15, 0.2) is 53.2 Å². The first-order valence-electron chi connectivity index (χ1n) is 6.27. The van der Waals surface area contributed by atoms with E-state index in [0.29, 0.717) is 5.96 Å². The molecule has 0 radical (unpaired) electrons. The minimum Gasteiger partial charge on any atom is -0.335 e. The van der Waals surface area contributed by atoms with Gasteiger partial charge in [0.05, 0.1) is 0 Å². The third kappa shape index (κ3) is 2.03. The van der Waals surface area contributed by atoms with Gasteiger partial charge in [0.25, 0.3) is 11.8 Å². The molecule has 1 aromatic rings. The van der Waals surface area contributed by atoms with Gasteiger partial charge in [-0.3, -0.25) is 9.59 Å². The fraction of sp³-hybridized carbons (Fsp3) is 0.133. The average Bonchev–Trinajstić information content (AvgIpc) is 2.91. The highest BCUT2D eigenvalue weighted by Gasteiger charge is 2.42. The van der Waals surface area contributed by atoms with Crippen LogP contribution in [0.2, 0.25) is 0 Å². The van der Waals surface area contributed by atoms with Crippen molar-refractivity contribution in [3.63, 3.8) is 0 Å². The van der Waals surface area contributed by atoms with E-state index < -0.39 is 0 Å². The first-order chi connectivity index (χ1) is 9.66. The molecule has 20 heavy (non-hydrogen) atoms. The number of carbonyl (C=O) groups excluding carboxylic acids is 2. The summed E-state index contributed by atoms with van der Waals surface area (Å²) in [6, 6.07) is 9.76. The molecule has 3 rings (SSSR count). The second kappa shape index (κ2) is 4.77. The number of likely N-dealkylation sites (N-methyl/N-ethyl adjacent to an activating group) is 1. The van der Waals surface area contributed by atoms with Crippen LogP contribution in [0, 0.1) is 0 Å². The molecule has 0 aromatic heterocycles. The maximum atomic E-state index is 12.0. The maximum Gasteiger partial charge on any atom is 0.286 e. The zero-order chi connectivity index (χ0) is 14.1. The maximum absolute atomic E-state index is 12.0. The Bertz CT molecular complexity index is 659. The molecule has 5 heteroatoms. The normalized spacial score (nSPS) is 20.2. The second-order valence-corrected chi connectivity index (χ2v) is 4.62. The monoisotopic (exact) mass is 267 g/mol. The van der Waals surface area contributed by atoms with Crippen LogP contribution in [0.5, 0.6) is 0 Å². The molecule has 0 aliphatic carbocycles. The number of carbonyl (C=O) groups is 2. The lowest BCUT2D eigenvalue weighted by Crippen LogP contribution is -2.33. The number of amides is 2. The van der Waals surface area contributed by atoms with E-state index in [1.807, 2.05) is 36.4 Å². The molecular formula is C15H13N3O2. The molecule has 0 unspecified atom stereocenters. The van der Waals surface area contributed by atoms with Crippen molar-refractivity contribution >= 4 is 23.8 Å². The van der Waals surface area contributed by atoms with E-state index in [9.17, 15) is 9.59 Å². The van der Waals surface area contributed by atoms with Gasteiger partial charge in [0.15, 0.2) is 0 Å². The van der Waals surface area contributed by atoms with Crippen molar-refractivity contribution in [1.29, 1.82) is 0 Å². The van der Waals surface area contributed by atoms with Crippen LogP contribution in [0.1, 0.15) is 5.56 Å². The van der Waals surface area contributed by atoms with Crippen molar-refractivity contribution in [3.8, 4) is 0 Å². The lowest BCUT2D eigenvalue weighted by Gasteiger charge is -2.07. The zero-order valence-electron chi connectivity index (χ0n) is 11.0.